The van der Waals surface area contributed by atoms with Gasteiger partial charge in [-0.2, -0.15) is 4.98 Å². The van der Waals surface area contributed by atoms with Crippen molar-refractivity contribution in [3.05, 3.63) is 45.5 Å². The summed E-state index contributed by atoms with van der Waals surface area (Å²) in [6.07, 6.45) is 1.99. The molecular weight excluding hydrogens is 278 g/mol. The van der Waals surface area contributed by atoms with Crippen LogP contribution in [0.5, 0.6) is 0 Å². The quantitative estimate of drug-likeness (QED) is 0.825. The molecule has 0 saturated carbocycles. The molecule has 0 aliphatic carbocycles. The van der Waals surface area contributed by atoms with Crippen molar-refractivity contribution in [2.45, 2.75) is 19.9 Å². The number of carboxylic acid groups (broad SMARTS) is 1. The molecule has 0 radical (unpaired) electrons. The van der Waals surface area contributed by atoms with Crippen LogP contribution in [0.15, 0.2) is 21.6 Å². The van der Waals surface area contributed by atoms with Crippen molar-refractivity contribution in [2.24, 2.45) is 0 Å². The Hall–Kier alpha value is -2.48. The maximum Gasteiger partial charge on any atom is 0.341 e. The average Bonchev–Trinajstić information content (AvgIpc) is 2.87. The first-order valence-electron chi connectivity index (χ1n) is 6.26. The third kappa shape index (κ3) is 3.34. The van der Waals surface area contributed by atoms with Gasteiger partial charge in [0.15, 0.2) is 5.82 Å². The average molecular weight is 293 g/mol. The number of carbonyl (C=O) groups is 1. The van der Waals surface area contributed by atoms with E-state index in [4.69, 9.17) is 14.4 Å². The highest BCUT2D eigenvalue weighted by molar-refractivity contribution is 5.88. The van der Waals surface area contributed by atoms with Crippen molar-refractivity contribution in [3.63, 3.8) is 0 Å². The molecule has 0 atom stereocenters. The molecule has 0 bridgehead atoms. The Bertz CT molecular complexity index is 704. The van der Waals surface area contributed by atoms with Gasteiger partial charge in [-0.15, -0.1) is 0 Å². The largest absolute Gasteiger partial charge is 0.477 e. The zero-order chi connectivity index (χ0) is 15.4. The van der Waals surface area contributed by atoms with Crippen molar-refractivity contribution >= 4 is 5.97 Å². The minimum Gasteiger partial charge on any atom is -0.477 e. The van der Waals surface area contributed by atoms with Gasteiger partial charge in [0.25, 0.3) is 5.56 Å². The smallest absolute Gasteiger partial charge is 0.341 e. The first kappa shape index (κ1) is 14.9. The number of hydrogen-bond acceptors (Lipinski definition) is 6. The second-order valence-corrected chi connectivity index (χ2v) is 4.46. The minimum atomic E-state index is -1.25. The minimum absolute atomic E-state index is 0.0515. The van der Waals surface area contributed by atoms with Crippen molar-refractivity contribution in [3.8, 4) is 0 Å². The topological polar surface area (TPSA) is 107 Å². The predicted molar refractivity (Wildman–Crippen MR) is 71.4 cm³/mol. The van der Waals surface area contributed by atoms with Crippen LogP contribution >= 0.6 is 0 Å². The van der Waals surface area contributed by atoms with Gasteiger partial charge in [0.1, 0.15) is 5.56 Å². The summed E-state index contributed by atoms with van der Waals surface area (Å²) in [6.45, 7) is 2.08. The fourth-order valence-electron chi connectivity index (χ4n) is 1.85. The third-order valence-corrected chi connectivity index (χ3v) is 2.93. The van der Waals surface area contributed by atoms with E-state index in [1.54, 1.807) is 20.1 Å². The van der Waals surface area contributed by atoms with E-state index in [0.29, 0.717) is 30.3 Å². The fraction of sp³-hybridized carbons (Fsp3) is 0.385. The number of aryl methyl sites for hydroxylation is 1. The maximum atomic E-state index is 12.1. The summed E-state index contributed by atoms with van der Waals surface area (Å²) in [6, 6.07) is 1.57. The second-order valence-electron chi connectivity index (χ2n) is 4.46. The summed E-state index contributed by atoms with van der Waals surface area (Å²) in [5, 5.41) is 12.8. The van der Waals surface area contributed by atoms with Gasteiger partial charge in [0, 0.05) is 13.3 Å². The normalized spacial score (nSPS) is 10.8. The summed E-state index contributed by atoms with van der Waals surface area (Å²) in [4.78, 5) is 27.3. The zero-order valence-electron chi connectivity index (χ0n) is 11.7. The highest BCUT2D eigenvalue weighted by Crippen LogP contribution is 2.04. The van der Waals surface area contributed by atoms with E-state index < -0.39 is 11.5 Å². The molecule has 0 fully saturated rings. The zero-order valence-corrected chi connectivity index (χ0v) is 11.7. The van der Waals surface area contributed by atoms with Crippen LogP contribution in [0.1, 0.15) is 27.6 Å². The summed E-state index contributed by atoms with van der Waals surface area (Å²) < 4.78 is 11.1. The van der Waals surface area contributed by atoms with Crippen LogP contribution in [0.2, 0.25) is 0 Å². The van der Waals surface area contributed by atoms with Gasteiger partial charge < -0.3 is 18.9 Å². The molecule has 21 heavy (non-hydrogen) atoms. The van der Waals surface area contributed by atoms with E-state index in [-0.39, 0.29) is 12.1 Å². The van der Waals surface area contributed by atoms with Gasteiger partial charge in [-0.05, 0) is 18.6 Å². The van der Waals surface area contributed by atoms with E-state index in [0.717, 1.165) is 0 Å². The van der Waals surface area contributed by atoms with Crippen LogP contribution in [0.3, 0.4) is 0 Å². The van der Waals surface area contributed by atoms with Gasteiger partial charge >= 0.3 is 5.97 Å². The molecule has 0 spiro atoms. The Morgan fingerprint density at radius 3 is 2.95 bits per heavy atom. The lowest BCUT2D eigenvalue weighted by Gasteiger charge is -2.05. The Balaban J connectivity index is 2.24. The fourth-order valence-corrected chi connectivity index (χ4v) is 1.85. The van der Waals surface area contributed by atoms with Crippen molar-refractivity contribution in [1.29, 1.82) is 0 Å². The lowest BCUT2D eigenvalue weighted by Crippen LogP contribution is -2.27. The highest BCUT2D eigenvalue weighted by atomic mass is 16.5. The van der Waals surface area contributed by atoms with Crippen LogP contribution in [-0.2, 0) is 17.7 Å². The molecule has 0 aromatic carbocycles. The molecule has 1 N–H and O–H groups in total. The molecule has 0 unspecified atom stereocenters. The van der Waals surface area contributed by atoms with E-state index in [2.05, 4.69) is 10.1 Å². The van der Waals surface area contributed by atoms with E-state index >= 15 is 0 Å². The van der Waals surface area contributed by atoms with Gasteiger partial charge in [-0.1, -0.05) is 5.16 Å². The summed E-state index contributed by atoms with van der Waals surface area (Å²) in [5.41, 5.74) is -0.427. The van der Waals surface area contributed by atoms with Crippen LogP contribution in [0, 0.1) is 6.92 Å². The van der Waals surface area contributed by atoms with Crippen LogP contribution < -0.4 is 5.56 Å². The first-order valence-corrected chi connectivity index (χ1v) is 6.26. The molecule has 8 heteroatoms. The number of methoxy groups -OCH3 is 1. The number of carboxylic acids is 1. The summed E-state index contributed by atoms with van der Waals surface area (Å²) >= 11 is 0. The van der Waals surface area contributed by atoms with E-state index in [1.807, 2.05) is 0 Å². The number of pyridine rings is 1. The Labute approximate surface area is 120 Å². The lowest BCUT2D eigenvalue weighted by molar-refractivity contribution is 0.0693. The Morgan fingerprint density at radius 2 is 2.29 bits per heavy atom. The monoisotopic (exact) mass is 293 g/mol. The molecule has 0 saturated heterocycles. The van der Waals surface area contributed by atoms with Gasteiger partial charge in [0.2, 0.25) is 5.89 Å². The molecule has 2 heterocycles. The molecule has 8 nitrogen and oxygen atoms in total. The number of aromatic carboxylic acids is 1. The van der Waals surface area contributed by atoms with E-state index in [1.165, 1.54) is 10.8 Å². The number of ether oxygens (including phenoxy) is 1. The molecule has 2 aromatic rings. The summed E-state index contributed by atoms with van der Waals surface area (Å²) in [7, 11) is 1.57. The number of hydrogen-bond donors (Lipinski definition) is 1. The first-order chi connectivity index (χ1) is 10.0. The van der Waals surface area contributed by atoms with Crippen molar-refractivity contribution in [2.75, 3.05) is 13.7 Å². The molecule has 0 aliphatic rings. The van der Waals surface area contributed by atoms with Gasteiger partial charge in [-0.25, -0.2) is 4.79 Å². The second kappa shape index (κ2) is 6.31. The van der Waals surface area contributed by atoms with E-state index in [9.17, 15) is 9.59 Å². The number of rotatable bonds is 6. The van der Waals surface area contributed by atoms with Crippen molar-refractivity contribution < 1.29 is 19.2 Å². The number of aromatic nitrogens is 3. The Morgan fingerprint density at radius 1 is 1.52 bits per heavy atom. The lowest BCUT2D eigenvalue weighted by atomic mass is 10.1. The number of nitrogens with zero attached hydrogens (tertiary/aromatic N) is 3. The van der Waals surface area contributed by atoms with Gasteiger partial charge in [-0.3, -0.25) is 4.79 Å². The maximum absolute atomic E-state index is 12.1. The van der Waals surface area contributed by atoms with Crippen molar-refractivity contribution in [1.82, 2.24) is 14.7 Å². The van der Waals surface area contributed by atoms with Crippen LogP contribution in [-0.4, -0.2) is 39.5 Å². The highest BCUT2D eigenvalue weighted by Gasteiger charge is 2.15. The molecule has 2 rings (SSSR count). The molecule has 0 aliphatic heterocycles. The molecular formula is C13H15N3O5. The van der Waals surface area contributed by atoms with Crippen LogP contribution in [0.4, 0.5) is 0 Å². The molecule has 2 aromatic heterocycles. The predicted octanol–water partition coefficient (Wildman–Crippen LogP) is 0.475. The Kier molecular flexibility index (Phi) is 4.49. The molecule has 112 valence electrons. The van der Waals surface area contributed by atoms with Crippen LogP contribution in [0.25, 0.3) is 0 Å². The third-order valence-electron chi connectivity index (χ3n) is 2.93. The summed E-state index contributed by atoms with van der Waals surface area (Å²) in [5.74, 6) is -0.533. The SMILES string of the molecule is COCCc1nc(Cn2ccc(C)c(C(=O)O)c2=O)no1. The molecule has 0 amide bonds. The van der Waals surface area contributed by atoms with Gasteiger partial charge in [0.05, 0.1) is 19.6 Å². The standard InChI is InChI=1S/C13H15N3O5/c1-8-3-5-16(12(17)11(8)13(18)19)7-9-14-10(21-15-9)4-6-20-2/h3,5H,4,6-7H2,1-2H3,(H,18,19).